The van der Waals surface area contributed by atoms with Crippen molar-refractivity contribution in [2.75, 3.05) is 6.54 Å². The van der Waals surface area contributed by atoms with E-state index in [-0.39, 0.29) is 11.8 Å². The van der Waals surface area contributed by atoms with Gasteiger partial charge in [-0.05, 0) is 12.8 Å². The van der Waals surface area contributed by atoms with Crippen LogP contribution in [0.3, 0.4) is 0 Å². The molecule has 0 aliphatic carbocycles. The Bertz CT molecular complexity index is 259. The fourth-order valence-electron chi connectivity index (χ4n) is 2.62. The third-order valence-corrected chi connectivity index (χ3v) is 3.25. The molecule has 70 valence electrons. The first kappa shape index (κ1) is 8.54. The summed E-state index contributed by atoms with van der Waals surface area (Å²) in [6, 6.07) is 0.410. The standard InChI is InChI=1S/C11H15NO/c1-3-8-9(4-2)11(13)12-7-5-6-10(8)12/h3-4,8-10H,1-2,5-7H2/t8-,9+,10-/m0/s1. The topological polar surface area (TPSA) is 20.3 Å². The van der Waals surface area contributed by atoms with Gasteiger partial charge in [-0.15, -0.1) is 13.2 Å². The summed E-state index contributed by atoms with van der Waals surface area (Å²) in [5.41, 5.74) is 0. The van der Waals surface area contributed by atoms with Crippen LogP contribution in [0, 0.1) is 11.8 Å². The van der Waals surface area contributed by atoms with Gasteiger partial charge in [0, 0.05) is 18.5 Å². The molecule has 3 atom stereocenters. The van der Waals surface area contributed by atoms with Crippen molar-refractivity contribution in [3.05, 3.63) is 25.3 Å². The summed E-state index contributed by atoms with van der Waals surface area (Å²) < 4.78 is 0. The van der Waals surface area contributed by atoms with Crippen molar-refractivity contribution in [1.29, 1.82) is 0 Å². The Labute approximate surface area is 78.9 Å². The normalized spacial score (nSPS) is 37.7. The predicted molar refractivity (Wildman–Crippen MR) is 52.1 cm³/mol. The van der Waals surface area contributed by atoms with Crippen LogP contribution >= 0.6 is 0 Å². The Balaban J connectivity index is 2.29. The molecule has 2 rings (SSSR count). The summed E-state index contributed by atoms with van der Waals surface area (Å²) in [5.74, 6) is 0.540. The Morgan fingerprint density at radius 2 is 2.15 bits per heavy atom. The van der Waals surface area contributed by atoms with Gasteiger partial charge >= 0.3 is 0 Å². The average molecular weight is 177 g/mol. The number of hydrogen-bond acceptors (Lipinski definition) is 1. The maximum absolute atomic E-state index is 11.8. The lowest BCUT2D eigenvalue weighted by Crippen LogP contribution is -2.28. The Morgan fingerprint density at radius 1 is 1.38 bits per heavy atom. The predicted octanol–water partition coefficient (Wildman–Crippen LogP) is 1.60. The molecule has 2 fully saturated rings. The van der Waals surface area contributed by atoms with E-state index in [1.165, 1.54) is 0 Å². The highest BCUT2D eigenvalue weighted by atomic mass is 16.2. The van der Waals surface area contributed by atoms with Gasteiger partial charge in [-0.2, -0.15) is 0 Å². The van der Waals surface area contributed by atoms with Crippen molar-refractivity contribution in [3.8, 4) is 0 Å². The van der Waals surface area contributed by atoms with Crippen LogP contribution in [0.2, 0.25) is 0 Å². The number of nitrogens with zero attached hydrogens (tertiary/aromatic N) is 1. The zero-order valence-electron chi connectivity index (χ0n) is 7.78. The van der Waals surface area contributed by atoms with Crippen LogP contribution in [0.15, 0.2) is 25.3 Å². The number of carbonyl (C=O) groups excluding carboxylic acids is 1. The summed E-state index contributed by atoms with van der Waals surface area (Å²) in [6.45, 7) is 8.46. The highest BCUT2D eigenvalue weighted by molar-refractivity contribution is 5.84. The van der Waals surface area contributed by atoms with Crippen LogP contribution in [0.25, 0.3) is 0 Å². The molecule has 2 saturated heterocycles. The SMILES string of the molecule is C=C[C@H]1[C@@H](C=C)C(=O)N2CCC[C@@H]12. The van der Waals surface area contributed by atoms with Crippen LogP contribution in [0.1, 0.15) is 12.8 Å². The minimum atomic E-state index is -0.0113. The lowest BCUT2D eigenvalue weighted by Gasteiger charge is -2.17. The monoisotopic (exact) mass is 177 g/mol. The second-order valence-electron chi connectivity index (χ2n) is 3.82. The fourth-order valence-corrected chi connectivity index (χ4v) is 2.62. The first-order valence-corrected chi connectivity index (χ1v) is 4.85. The Kier molecular flexibility index (Phi) is 1.98. The van der Waals surface area contributed by atoms with E-state index in [9.17, 15) is 4.79 Å². The largest absolute Gasteiger partial charge is 0.339 e. The van der Waals surface area contributed by atoms with Gasteiger partial charge in [-0.25, -0.2) is 0 Å². The molecule has 0 aromatic carbocycles. The van der Waals surface area contributed by atoms with Gasteiger partial charge in [0.1, 0.15) is 0 Å². The molecule has 0 radical (unpaired) electrons. The third-order valence-electron chi connectivity index (χ3n) is 3.25. The van der Waals surface area contributed by atoms with Crippen molar-refractivity contribution in [2.45, 2.75) is 18.9 Å². The van der Waals surface area contributed by atoms with Gasteiger partial charge in [0.25, 0.3) is 0 Å². The smallest absolute Gasteiger partial charge is 0.230 e. The first-order chi connectivity index (χ1) is 6.29. The van der Waals surface area contributed by atoms with E-state index in [0.717, 1.165) is 19.4 Å². The van der Waals surface area contributed by atoms with Crippen LogP contribution < -0.4 is 0 Å². The number of hydrogen-bond donors (Lipinski definition) is 0. The van der Waals surface area contributed by atoms with Crippen LogP contribution in [0.5, 0.6) is 0 Å². The Hall–Kier alpha value is -1.05. The van der Waals surface area contributed by atoms with E-state index in [0.29, 0.717) is 12.0 Å². The maximum atomic E-state index is 11.8. The molecular formula is C11H15NO. The number of carbonyl (C=O) groups is 1. The number of fused-ring (bicyclic) bond motifs is 1. The van der Waals surface area contributed by atoms with Gasteiger partial charge in [0.05, 0.1) is 5.92 Å². The lowest BCUT2D eigenvalue weighted by molar-refractivity contribution is -0.129. The molecule has 2 aliphatic rings. The maximum Gasteiger partial charge on any atom is 0.230 e. The van der Waals surface area contributed by atoms with E-state index in [1.54, 1.807) is 6.08 Å². The van der Waals surface area contributed by atoms with Crippen LogP contribution in [0.4, 0.5) is 0 Å². The van der Waals surface area contributed by atoms with Crippen molar-refractivity contribution in [2.24, 2.45) is 11.8 Å². The van der Waals surface area contributed by atoms with E-state index in [4.69, 9.17) is 0 Å². The summed E-state index contributed by atoms with van der Waals surface area (Å²) in [5, 5.41) is 0. The van der Waals surface area contributed by atoms with Crippen LogP contribution in [-0.4, -0.2) is 23.4 Å². The molecule has 1 amide bonds. The van der Waals surface area contributed by atoms with Crippen LogP contribution in [-0.2, 0) is 4.79 Å². The highest BCUT2D eigenvalue weighted by Crippen LogP contribution is 2.38. The molecule has 2 aliphatic heterocycles. The molecule has 0 aromatic rings. The third kappa shape index (κ3) is 1.05. The van der Waals surface area contributed by atoms with Crippen molar-refractivity contribution in [3.63, 3.8) is 0 Å². The molecular weight excluding hydrogens is 162 g/mol. The number of rotatable bonds is 2. The molecule has 2 heteroatoms. The summed E-state index contributed by atoms with van der Waals surface area (Å²) in [6.07, 6.45) is 5.96. The minimum absolute atomic E-state index is 0.0113. The second-order valence-corrected chi connectivity index (χ2v) is 3.82. The quantitative estimate of drug-likeness (QED) is 0.587. The van der Waals surface area contributed by atoms with Gasteiger partial charge in [-0.1, -0.05) is 12.2 Å². The van der Waals surface area contributed by atoms with Gasteiger partial charge in [0.2, 0.25) is 5.91 Å². The molecule has 0 aromatic heterocycles. The second kappa shape index (κ2) is 3.02. The average Bonchev–Trinajstić information content (AvgIpc) is 2.67. The van der Waals surface area contributed by atoms with Crippen molar-refractivity contribution < 1.29 is 4.79 Å². The number of amides is 1. The molecule has 0 saturated carbocycles. The van der Waals surface area contributed by atoms with Gasteiger partial charge < -0.3 is 4.90 Å². The van der Waals surface area contributed by atoms with E-state index in [1.807, 2.05) is 11.0 Å². The zero-order valence-corrected chi connectivity index (χ0v) is 7.78. The van der Waals surface area contributed by atoms with Gasteiger partial charge in [0.15, 0.2) is 0 Å². The summed E-state index contributed by atoms with van der Waals surface area (Å²) in [4.78, 5) is 13.8. The fraction of sp³-hybridized carbons (Fsp3) is 0.545. The van der Waals surface area contributed by atoms with Crippen molar-refractivity contribution >= 4 is 5.91 Å². The molecule has 2 heterocycles. The summed E-state index contributed by atoms with van der Waals surface area (Å²) >= 11 is 0. The molecule has 2 nitrogen and oxygen atoms in total. The zero-order chi connectivity index (χ0) is 9.42. The van der Waals surface area contributed by atoms with E-state index < -0.39 is 0 Å². The molecule has 0 bridgehead atoms. The first-order valence-electron chi connectivity index (χ1n) is 4.85. The highest BCUT2D eigenvalue weighted by Gasteiger charge is 2.46. The molecule has 0 unspecified atom stereocenters. The van der Waals surface area contributed by atoms with E-state index >= 15 is 0 Å². The van der Waals surface area contributed by atoms with E-state index in [2.05, 4.69) is 13.2 Å². The molecule has 0 N–H and O–H groups in total. The molecule has 0 spiro atoms. The minimum Gasteiger partial charge on any atom is -0.339 e. The Morgan fingerprint density at radius 3 is 2.77 bits per heavy atom. The molecule has 13 heavy (non-hydrogen) atoms. The van der Waals surface area contributed by atoms with Crippen molar-refractivity contribution in [1.82, 2.24) is 4.90 Å². The summed E-state index contributed by atoms with van der Waals surface area (Å²) in [7, 11) is 0. The lowest BCUT2D eigenvalue weighted by atomic mass is 9.89. The van der Waals surface area contributed by atoms with Gasteiger partial charge in [-0.3, -0.25) is 4.79 Å².